The molecule has 1 N–H and O–H groups in total. The summed E-state index contributed by atoms with van der Waals surface area (Å²) in [7, 11) is -3.37. The van der Waals surface area contributed by atoms with Gasteiger partial charge in [-0.2, -0.15) is 18.3 Å². The molecule has 1 aliphatic carbocycles. The lowest BCUT2D eigenvalue weighted by molar-refractivity contribution is -0.141. The molecule has 3 aromatic rings. The zero-order valence-electron chi connectivity index (χ0n) is 23.0. The van der Waals surface area contributed by atoms with Crippen molar-refractivity contribution in [1.29, 1.82) is 0 Å². The molecule has 8 nitrogen and oxygen atoms in total. The Bertz CT molecular complexity index is 1530. The van der Waals surface area contributed by atoms with Crippen LogP contribution in [0.25, 0.3) is 0 Å². The number of amides is 1. The molecule has 2 aliphatic rings. The minimum absolute atomic E-state index is 0.0894. The number of carbonyl (C=O) groups excluding carboxylic acids is 1. The summed E-state index contributed by atoms with van der Waals surface area (Å²) in [4.78, 5) is 21.1. The van der Waals surface area contributed by atoms with Crippen molar-refractivity contribution < 1.29 is 26.4 Å². The third kappa shape index (κ3) is 6.62. The van der Waals surface area contributed by atoms with Gasteiger partial charge in [-0.15, -0.1) is 16.4 Å². The molecule has 1 aliphatic heterocycles. The number of benzene rings is 1. The molecule has 0 radical (unpaired) electrons. The lowest BCUT2D eigenvalue weighted by Crippen LogP contribution is -2.27. The van der Waals surface area contributed by atoms with Crippen LogP contribution in [-0.2, 0) is 40.3 Å². The summed E-state index contributed by atoms with van der Waals surface area (Å²) in [6, 6.07) is 7.38. The summed E-state index contributed by atoms with van der Waals surface area (Å²) in [6.45, 7) is 4.95. The number of nitrogens with one attached hydrogen (secondary N) is 1. The number of alkyl halides is 3. The van der Waals surface area contributed by atoms with Crippen molar-refractivity contribution in [3.05, 3.63) is 63.4 Å². The molecule has 1 atom stereocenters. The van der Waals surface area contributed by atoms with E-state index in [4.69, 9.17) is 4.98 Å². The van der Waals surface area contributed by atoms with Crippen molar-refractivity contribution in [1.82, 2.24) is 20.1 Å². The van der Waals surface area contributed by atoms with Crippen LogP contribution in [0.1, 0.15) is 84.6 Å². The molecular weight excluding hydrogens is 575 g/mol. The standard InChI is InChI=1S/C28H32F3N5O3S2/c1-16(2)26-25-21(15-36(26)14-19-9-11-23(35-34-19)28(29,30)31)40-27(33-25)32-24(37)13-17-8-10-22(41(3,38)39)20(12-17)18-6-4-5-7-18/h8-12,16,18,26H,4-7,13-15H2,1-3H3,(H,32,33,37)/t26-/m0/s1. The highest BCUT2D eigenvalue weighted by Gasteiger charge is 2.37. The van der Waals surface area contributed by atoms with E-state index in [0.717, 1.165) is 53.4 Å². The Morgan fingerprint density at radius 1 is 1.15 bits per heavy atom. The maximum absolute atomic E-state index is 13.0. The second kappa shape index (κ2) is 11.4. The zero-order chi connectivity index (χ0) is 29.5. The SMILES string of the molecule is CC(C)[C@H]1c2nc(NC(=O)Cc3ccc(S(C)(=O)=O)c(C4CCCC4)c3)sc2CN1Cc1ccc(C(F)(F)F)nn1. The topological polar surface area (TPSA) is 105 Å². The van der Waals surface area contributed by atoms with Gasteiger partial charge in [0.25, 0.3) is 0 Å². The van der Waals surface area contributed by atoms with E-state index in [2.05, 4.69) is 20.4 Å². The van der Waals surface area contributed by atoms with Crippen molar-refractivity contribution in [2.75, 3.05) is 11.6 Å². The van der Waals surface area contributed by atoms with Crippen molar-refractivity contribution in [2.24, 2.45) is 5.92 Å². The van der Waals surface area contributed by atoms with Crippen molar-refractivity contribution in [2.45, 2.75) is 82.1 Å². The molecule has 220 valence electrons. The smallest absolute Gasteiger partial charge is 0.302 e. The van der Waals surface area contributed by atoms with Gasteiger partial charge in [-0.05, 0) is 54.0 Å². The molecular formula is C28H32F3N5O3S2. The van der Waals surface area contributed by atoms with Crippen LogP contribution in [0.3, 0.4) is 0 Å². The maximum atomic E-state index is 13.0. The van der Waals surface area contributed by atoms with Crippen LogP contribution >= 0.6 is 11.3 Å². The van der Waals surface area contributed by atoms with Gasteiger partial charge in [-0.25, -0.2) is 13.4 Å². The Labute approximate surface area is 241 Å². The van der Waals surface area contributed by atoms with Gasteiger partial charge in [0.1, 0.15) is 0 Å². The average Bonchev–Trinajstić information content (AvgIpc) is 3.60. The summed E-state index contributed by atoms with van der Waals surface area (Å²) in [5.41, 5.74) is 1.82. The summed E-state index contributed by atoms with van der Waals surface area (Å²) in [6.07, 6.45) is 0.814. The number of nitrogens with zero attached hydrogens (tertiary/aromatic N) is 4. The molecule has 0 bridgehead atoms. The average molecular weight is 608 g/mol. The highest BCUT2D eigenvalue weighted by molar-refractivity contribution is 7.90. The van der Waals surface area contributed by atoms with E-state index < -0.39 is 21.7 Å². The molecule has 3 heterocycles. The van der Waals surface area contributed by atoms with Gasteiger partial charge in [0.15, 0.2) is 20.7 Å². The number of sulfone groups is 1. The van der Waals surface area contributed by atoms with Crippen LogP contribution in [0.5, 0.6) is 0 Å². The summed E-state index contributed by atoms with van der Waals surface area (Å²) >= 11 is 1.38. The number of aromatic nitrogens is 3. The second-order valence-electron chi connectivity index (χ2n) is 11.2. The Morgan fingerprint density at radius 3 is 2.49 bits per heavy atom. The normalized spacial score (nSPS) is 18.3. The Morgan fingerprint density at radius 2 is 1.88 bits per heavy atom. The Balaban J connectivity index is 1.27. The van der Waals surface area contributed by atoms with Crippen molar-refractivity contribution in [3.63, 3.8) is 0 Å². The third-order valence-electron chi connectivity index (χ3n) is 7.63. The highest BCUT2D eigenvalue weighted by atomic mass is 32.2. The zero-order valence-corrected chi connectivity index (χ0v) is 24.7. The molecule has 1 aromatic carbocycles. The van der Waals surface area contributed by atoms with Crippen molar-refractivity contribution in [3.8, 4) is 0 Å². The number of hydrogen-bond donors (Lipinski definition) is 1. The summed E-state index contributed by atoms with van der Waals surface area (Å²) < 4.78 is 63.3. The monoisotopic (exact) mass is 607 g/mol. The van der Waals surface area contributed by atoms with Crippen LogP contribution in [0.15, 0.2) is 35.2 Å². The van der Waals surface area contributed by atoms with Gasteiger partial charge < -0.3 is 5.32 Å². The van der Waals surface area contributed by atoms with Gasteiger partial charge in [-0.3, -0.25) is 9.69 Å². The Kier molecular flexibility index (Phi) is 8.23. The molecule has 1 saturated carbocycles. The highest BCUT2D eigenvalue weighted by Crippen LogP contribution is 2.43. The lowest BCUT2D eigenvalue weighted by Gasteiger charge is -2.27. The van der Waals surface area contributed by atoms with E-state index in [9.17, 15) is 26.4 Å². The van der Waals surface area contributed by atoms with E-state index in [1.807, 2.05) is 19.9 Å². The number of carbonyl (C=O) groups is 1. The third-order valence-corrected chi connectivity index (χ3v) is 9.78. The number of thiazole rings is 1. The van der Waals surface area contributed by atoms with Gasteiger partial charge in [0.2, 0.25) is 5.91 Å². The first-order valence-electron chi connectivity index (χ1n) is 13.6. The summed E-state index contributed by atoms with van der Waals surface area (Å²) in [5, 5.41) is 10.5. The molecule has 41 heavy (non-hydrogen) atoms. The fourth-order valence-electron chi connectivity index (χ4n) is 5.86. The minimum Gasteiger partial charge on any atom is -0.302 e. The number of hydrogen-bond acceptors (Lipinski definition) is 8. The van der Waals surface area contributed by atoms with Gasteiger partial charge >= 0.3 is 6.18 Å². The van der Waals surface area contributed by atoms with Crippen molar-refractivity contribution >= 4 is 32.2 Å². The first-order chi connectivity index (χ1) is 19.3. The minimum atomic E-state index is -4.54. The molecule has 13 heteroatoms. The Hall–Kier alpha value is -2.90. The number of anilines is 1. The van der Waals surface area contributed by atoms with E-state index >= 15 is 0 Å². The molecule has 0 saturated heterocycles. The largest absolute Gasteiger partial charge is 0.435 e. The van der Waals surface area contributed by atoms with Crippen LogP contribution in [0.4, 0.5) is 18.3 Å². The van der Waals surface area contributed by atoms with Crippen LogP contribution in [0, 0.1) is 5.92 Å². The van der Waals surface area contributed by atoms with E-state index in [0.29, 0.717) is 28.8 Å². The predicted molar refractivity (Wildman–Crippen MR) is 149 cm³/mol. The quantitative estimate of drug-likeness (QED) is 0.340. The second-order valence-corrected chi connectivity index (χ2v) is 14.2. The van der Waals surface area contributed by atoms with Gasteiger partial charge in [0, 0.05) is 24.2 Å². The molecule has 5 rings (SSSR count). The number of fused-ring (bicyclic) bond motifs is 1. The molecule has 0 spiro atoms. The van der Waals surface area contributed by atoms with Gasteiger partial charge in [-0.1, -0.05) is 38.8 Å². The summed E-state index contributed by atoms with van der Waals surface area (Å²) in [5.74, 6) is 0.112. The molecule has 2 aromatic heterocycles. The van der Waals surface area contributed by atoms with Gasteiger partial charge in [0.05, 0.1) is 28.7 Å². The number of halogens is 3. The fraction of sp³-hybridized carbons (Fsp3) is 0.500. The first-order valence-corrected chi connectivity index (χ1v) is 16.3. The van der Waals surface area contributed by atoms with Crippen LogP contribution in [0.2, 0.25) is 0 Å². The van der Waals surface area contributed by atoms with E-state index in [1.54, 1.807) is 12.1 Å². The first kappa shape index (κ1) is 29.6. The molecule has 1 amide bonds. The van der Waals surface area contributed by atoms with E-state index in [1.165, 1.54) is 23.7 Å². The van der Waals surface area contributed by atoms with Crippen LogP contribution < -0.4 is 5.32 Å². The predicted octanol–water partition coefficient (Wildman–Crippen LogP) is 5.91. The van der Waals surface area contributed by atoms with Crippen LogP contribution in [-0.4, -0.2) is 40.7 Å². The molecule has 0 unspecified atom stereocenters. The molecule has 1 fully saturated rings. The lowest BCUT2D eigenvalue weighted by atomic mass is 9.95. The maximum Gasteiger partial charge on any atom is 0.435 e. The van der Waals surface area contributed by atoms with E-state index in [-0.39, 0.29) is 30.2 Å². The number of rotatable bonds is 8. The fourth-order valence-corrected chi connectivity index (χ4v) is 7.88.